The van der Waals surface area contributed by atoms with E-state index in [1.54, 1.807) is 20.9 Å². The molecular weight excluding hydrogens is 192 g/mol. The zero-order valence-electron chi connectivity index (χ0n) is 10.1. The molecule has 0 spiro atoms. The lowest BCUT2D eigenvalue weighted by Crippen LogP contribution is -2.50. The highest BCUT2D eigenvalue weighted by Crippen LogP contribution is 2.18. The largest absolute Gasteiger partial charge is 0.394 e. The number of carbonyl (C=O) groups is 1. The van der Waals surface area contributed by atoms with Crippen LogP contribution in [0.2, 0.25) is 0 Å². The van der Waals surface area contributed by atoms with Crippen molar-refractivity contribution >= 4 is 5.91 Å². The number of carbonyl (C=O) groups excluding carboxylic acids is 1. The summed E-state index contributed by atoms with van der Waals surface area (Å²) in [5.41, 5.74) is -0.624. The number of hydrogen-bond donors (Lipinski definition) is 1. The molecule has 0 radical (unpaired) electrons. The van der Waals surface area contributed by atoms with Crippen LogP contribution in [-0.2, 0) is 4.79 Å². The summed E-state index contributed by atoms with van der Waals surface area (Å²) in [7, 11) is 1.62. The van der Waals surface area contributed by atoms with E-state index in [4.69, 9.17) is 10.4 Å². The second kappa shape index (κ2) is 5.13. The molecule has 0 saturated heterocycles. The lowest BCUT2D eigenvalue weighted by atomic mass is 9.93. The Balaban J connectivity index is 4.79. The van der Waals surface area contributed by atoms with E-state index >= 15 is 0 Å². The maximum absolute atomic E-state index is 11.9. The summed E-state index contributed by atoms with van der Waals surface area (Å²) in [6.07, 6.45) is 0. The number of likely N-dealkylation sites (N-methyl/N-ethyl adjacent to an activating group) is 1. The number of rotatable bonds is 4. The second-order valence-electron chi connectivity index (χ2n) is 4.72. The summed E-state index contributed by atoms with van der Waals surface area (Å²) in [6, 6.07) is 2.01. The molecule has 1 N–H and O–H groups in total. The van der Waals surface area contributed by atoms with E-state index in [0.29, 0.717) is 0 Å². The van der Waals surface area contributed by atoms with Crippen LogP contribution in [0.15, 0.2) is 0 Å². The fraction of sp³-hybridized carbons (Fsp3) is 0.818. The number of aliphatic hydroxyl groups is 1. The topological polar surface area (TPSA) is 64.3 Å². The van der Waals surface area contributed by atoms with E-state index in [0.717, 1.165) is 0 Å². The Kier molecular flexibility index (Phi) is 4.76. The summed E-state index contributed by atoms with van der Waals surface area (Å²) in [5.74, 6) is -0.883. The molecule has 0 aliphatic heterocycles. The lowest BCUT2D eigenvalue weighted by molar-refractivity contribution is -0.139. The van der Waals surface area contributed by atoms with Crippen LogP contribution in [0.5, 0.6) is 0 Å². The molecule has 0 bridgehead atoms. The van der Waals surface area contributed by atoms with Gasteiger partial charge in [-0.3, -0.25) is 4.79 Å². The number of nitriles is 1. The number of hydrogen-bond acceptors (Lipinski definition) is 3. The monoisotopic (exact) mass is 212 g/mol. The van der Waals surface area contributed by atoms with Gasteiger partial charge in [0.2, 0.25) is 5.91 Å². The first-order valence-corrected chi connectivity index (χ1v) is 5.06. The minimum Gasteiger partial charge on any atom is -0.394 e. The molecule has 0 aliphatic rings. The SMILES string of the molecule is CC(C)C(C#N)C(=O)N(C)C(C)(C)CO. The van der Waals surface area contributed by atoms with Gasteiger partial charge in [0.15, 0.2) is 0 Å². The van der Waals surface area contributed by atoms with Gasteiger partial charge in [0.25, 0.3) is 0 Å². The molecule has 0 aromatic heterocycles. The van der Waals surface area contributed by atoms with Gasteiger partial charge in [-0.25, -0.2) is 0 Å². The van der Waals surface area contributed by atoms with Gasteiger partial charge < -0.3 is 10.0 Å². The molecule has 1 amide bonds. The molecule has 0 aliphatic carbocycles. The molecule has 15 heavy (non-hydrogen) atoms. The van der Waals surface area contributed by atoms with Crippen LogP contribution in [0.1, 0.15) is 27.7 Å². The number of amides is 1. The van der Waals surface area contributed by atoms with Gasteiger partial charge in [0, 0.05) is 7.05 Å². The van der Waals surface area contributed by atoms with Crippen LogP contribution >= 0.6 is 0 Å². The van der Waals surface area contributed by atoms with Crippen molar-refractivity contribution < 1.29 is 9.90 Å². The summed E-state index contributed by atoms with van der Waals surface area (Å²) >= 11 is 0. The third-order valence-electron chi connectivity index (χ3n) is 2.70. The van der Waals surface area contributed by atoms with Crippen LogP contribution in [0, 0.1) is 23.2 Å². The molecule has 0 aromatic carbocycles. The van der Waals surface area contributed by atoms with Gasteiger partial charge in [0.1, 0.15) is 5.92 Å². The summed E-state index contributed by atoms with van der Waals surface area (Å²) in [5, 5.41) is 18.0. The first-order valence-electron chi connectivity index (χ1n) is 5.06. The predicted molar refractivity (Wildman–Crippen MR) is 57.9 cm³/mol. The Bertz CT molecular complexity index is 266. The Morgan fingerprint density at radius 1 is 1.53 bits per heavy atom. The standard InChI is InChI=1S/C11H20N2O2/c1-8(2)9(6-12)10(15)13(5)11(3,4)7-14/h8-9,14H,7H2,1-5H3. The van der Waals surface area contributed by atoms with Gasteiger partial charge in [0.05, 0.1) is 18.2 Å². The fourth-order valence-electron chi connectivity index (χ4n) is 1.10. The van der Waals surface area contributed by atoms with Crippen LogP contribution in [0.25, 0.3) is 0 Å². The van der Waals surface area contributed by atoms with E-state index in [9.17, 15) is 4.79 Å². The van der Waals surface area contributed by atoms with Gasteiger partial charge >= 0.3 is 0 Å². The highest BCUT2D eigenvalue weighted by atomic mass is 16.3. The van der Waals surface area contributed by atoms with Gasteiger partial charge in [-0.15, -0.1) is 0 Å². The van der Waals surface area contributed by atoms with Crippen molar-refractivity contribution in [1.29, 1.82) is 5.26 Å². The van der Waals surface area contributed by atoms with Crippen LogP contribution in [-0.4, -0.2) is 35.1 Å². The summed E-state index contributed by atoms with van der Waals surface area (Å²) in [4.78, 5) is 13.4. The molecule has 4 nitrogen and oxygen atoms in total. The number of aliphatic hydroxyl groups excluding tert-OH is 1. The Morgan fingerprint density at radius 3 is 2.27 bits per heavy atom. The Hall–Kier alpha value is -1.08. The van der Waals surface area contributed by atoms with Gasteiger partial charge in [-0.2, -0.15) is 5.26 Å². The van der Waals surface area contributed by atoms with E-state index < -0.39 is 11.5 Å². The number of nitrogens with zero attached hydrogens (tertiary/aromatic N) is 2. The van der Waals surface area contributed by atoms with Crippen molar-refractivity contribution in [2.75, 3.05) is 13.7 Å². The molecule has 0 aromatic rings. The van der Waals surface area contributed by atoms with E-state index in [1.807, 2.05) is 19.9 Å². The maximum atomic E-state index is 11.9. The third-order valence-corrected chi connectivity index (χ3v) is 2.70. The van der Waals surface area contributed by atoms with Gasteiger partial charge in [-0.1, -0.05) is 13.8 Å². The van der Waals surface area contributed by atoms with Crippen molar-refractivity contribution in [2.24, 2.45) is 11.8 Å². The van der Waals surface area contributed by atoms with Crippen LogP contribution in [0.3, 0.4) is 0 Å². The Labute approximate surface area is 91.5 Å². The molecule has 0 heterocycles. The second-order valence-corrected chi connectivity index (χ2v) is 4.72. The van der Waals surface area contributed by atoms with Crippen molar-refractivity contribution in [3.05, 3.63) is 0 Å². The Morgan fingerprint density at radius 2 is 2.00 bits per heavy atom. The van der Waals surface area contributed by atoms with E-state index in [2.05, 4.69) is 0 Å². The van der Waals surface area contributed by atoms with Crippen LogP contribution < -0.4 is 0 Å². The smallest absolute Gasteiger partial charge is 0.240 e. The predicted octanol–water partition coefficient (Wildman–Crippen LogP) is 1.01. The molecular formula is C11H20N2O2. The molecule has 0 rings (SSSR count). The van der Waals surface area contributed by atoms with E-state index in [1.165, 1.54) is 4.90 Å². The normalized spacial score (nSPS) is 13.5. The average molecular weight is 212 g/mol. The molecule has 4 heteroatoms. The maximum Gasteiger partial charge on any atom is 0.240 e. The first kappa shape index (κ1) is 13.9. The quantitative estimate of drug-likeness (QED) is 0.756. The minimum absolute atomic E-state index is 0.0144. The lowest BCUT2D eigenvalue weighted by Gasteiger charge is -2.35. The first-order chi connectivity index (χ1) is 6.77. The highest BCUT2D eigenvalue weighted by Gasteiger charge is 2.32. The zero-order valence-corrected chi connectivity index (χ0v) is 10.1. The van der Waals surface area contributed by atoms with E-state index in [-0.39, 0.29) is 18.4 Å². The summed E-state index contributed by atoms with van der Waals surface area (Å²) < 4.78 is 0. The van der Waals surface area contributed by atoms with Crippen LogP contribution in [0.4, 0.5) is 0 Å². The van der Waals surface area contributed by atoms with Crippen molar-refractivity contribution in [1.82, 2.24) is 4.90 Å². The summed E-state index contributed by atoms with van der Waals surface area (Å²) in [6.45, 7) is 7.09. The van der Waals surface area contributed by atoms with Crippen molar-refractivity contribution in [3.63, 3.8) is 0 Å². The molecule has 1 atom stereocenters. The minimum atomic E-state index is -0.638. The average Bonchev–Trinajstić information content (AvgIpc) is 2.16. The third kappa shape index (κ3) is 3.21. The zero-order chi connectivity index (χ0) is 12.2. The fourth-order valence-corrected chi connectivity index (χ4v) is 1.10. The van der Waals surface area contributed by atoms with Gasteiger partial charge in [-0.05, 0) is 19.8 Å². The molecule has 1 unspecified atom stereocenters. The molecule has 0 saturated carbocycles. The highest BCUT2D eigenvalue weighted by molar-refractivity contribution is 5.81. The molecule has 86 valence electrons. The van der Waals surface area contributed by atoms with Crippen molar-refractivity contribution in [2.45, 2.75) is 33.2 Å². The van der Waals surface area contributed by atoms with Crippen molar-refractivity contribution in [3.8, 4) is 6.07 Å². The molecule has 0 fully saturated rings.